The molecule has 1 saturated heterocycles. The second kappa shape index (κ2) is 1.58. The van der Waals surface area contributed by atoms with Crippen molar-refractivity contribution >= 4 is 0 Å². The van der Waals surface area contributed by atoms with E-state index >= 15 is 0 Å². The Kier molecular flexibility index (Phi) is 1.08. The quantitative estimate of drug-likeness (QED) is 0.449. The molecule has 36 valence electrons. The van der Waals surface area contributed by atoms with E-state index in [9.17, 15) is 0 Å². The number of hydrogen-bond donors (Lipinski definition) is 1. The van der Waals surface area contributed by atoms with Crippen molar-refractivity contribution < 1.29 is 9.84 Å². The summed E-state index contributed by atoms with van der Waals surface area (Å²) >= 11 is 0. The minimum Gasteiger partial charge on any atom is -0.394 e. The normalized spacial score (nSPS) is 32.5. The number of ether oxygens (including phenoxy) is 1. The highest BCUT2D eigenvalue weighted by molar-refractivity contribution is 4.62. The second-order valence-corrected chi connectivity index (χ2v) is 1.46. The molecule has 1 N–H and O–H groups in total. The zero-order chi connectivity index (χ0) is 4.41. The molecule has 0 bridgehead atoms. The van der Waals surface area contributed by atoms with Crippen LogP contribution in [0.1, 0.15) is 6.42 Å². The Morgan fingerprint density at radius 1 is 1.83 bits per heavy atom. The van der Waals surface area contributed by atoms with Crippen LogP contribution in [0.2, 0.25) is 0 Å². The zero-order valence-corrected chi connectivity index (χ0v) is 3.55. The maximum Gasteiger partial charge on any atom is 0.0827 e. The lowest BCUT2D eigenvalue weighted by atomic mass is 10.3. The Morgan fingerprint density at radius 3 is 2.50 bits per heavy atom. The topological polar surface area (TPSA) is 29.5 Å². The van der Waals surface area contributed by atoms with E-state index in [0.717, 1.165) is 13.0 Å². The van der Waals surface area contributed by atoms with Crippen LogP contribution in [-0.4, -0.2) is 24.4 Å². The van der Waals surface area contributed by atoms with E-state index in [1.54, 1.807) is 0 Å². The van der Waals surface area contributed by atoms with Crippen LogP contribution in [-0.2, 0) is 4.74 Å². The maximum absolute atomic E-state index is 8.26. The molecular weight excluding hydrogens is 81.0 g/mol. The van der Waals surface area contributed by atoms with Gasteiger partial charge >= 0.3 is 0 Å². The second-order valence-electron chi connectivity index (χ2n) is 1.46. The number of aliphatic hydroxyl groups is 1. The molecule has 0 amide bonds. The van der Waals surface area contributed by atoms with Crippen LogP contribution >= 0.6 is 0 Å². The molecule has 1 heterocycles. The Hall–Kier alpha value is -0.0800. The van der Waals surface area contributed by atoms with Gasteiger partial charge in [-0.1, -0.05) is 0 Å². The van der Waals surface area contributed by atoms with Crippen molar-refractivity contribution in [1.29, 1.82) is 0 Å². The van der Waals surface area contributed by atoms with Crippen molar-refractivity contribution in [2.75, 3.05) is 13.2 Å². The lowest BCUT2D eigenvalue weighted by Gasteiger charge is -2.23. The van der Waals surface area contributed by atoms with Crippen LogP contribution in [0.4, 0.5) is 0 Å². The van der Waals surface area contributed by atoms with E-state index in [-0.39, 0.29) is 12.7 Å². The van der Waals surface area contributed by atoms with Crippen LogP contribution in [0.3, 0.4) is 0 Å². The predicted molar refractivity (Wildman–Crippen MR) is 21.4 cm³/mol. The summed E-state index contributed by atoms with van der Waals surface area (Å²) in [5.41, 5.74) is 0. The highest BCUT2D eigenvalue weighted by Gasteiger charge is 2.15. The molecule has 6 heavy (non-hydrogen) atoms. The van der Waals surface area contributed by atoms with Gasteiger partial charge in [0.1, 0.15) is 0 Å². The predicted octanol–water partition coefficient (Wildman–Crippen LogP) is -0.232. The van der Waals surface area contributed by atoms with Gasteiger partial charge in [-0.3, -0.25) is 0 Å². The lowest BCUT2D eigenvalue weighted by Crippen LogP contribution is -2.29. The third-order valence-electron chi connectivity index (χ3n) is 0.997. The maximum atomic E-state index is 8.26. The van der Waals surface area contributed by atoms with Crippen LogP contribution in [0.5, 0.6) is 0 Å². The van der Waals surface area contributed by atoms with Crippen molar-refractivity contribution in [3.8, 4) is 0 Å². The minimum absolute atomic E-state index is 0.171. The van der Waals surface area contributed by atoms with Crippen molar-refractivity contribution in [2.45, 2.75) is 12.5 Å². The first kappa shape index (κ1) is 4.09. The van der Waals surface area contributed by atoms with Gasteiger partial charge in [0.2, 0.25) is 0 Å². The molecule has 1 rings (SSSR count). The molecule has 0 radical (unpaired) electrons. The summed E-state index contributed by atoms with van der Waals surface area (Å²) in [5, 5.41) is 8.26. The molecule has 0 aromatic heterocycles. The monoisotopic (exact) mass is 89.1 g/mol. The summed E-state index contributed by atoms with van der Waals surface area (Å²) in [6, 6.07) is 0. The van der Waals surface area contributed by atoms with Gasteiger partial charge in [-0.15, -0.1) is 0 Å². The van der Waals surface area contributed by atoms with Crippen molar-refractivity contribution in [1.82, 2.24) is 0 Å². The van der Waals surface area contributed by atoms with Gasteiger partial charge in [0, 0.05) is 6.61 Å². The van der Waals surface area contributed by atoms with Crippen LogP contribution in [0.25, 0.3) is 0 Å². The van der Waals surface area contributed by atoms with E-state index < -0.39 is 0 Å². The van der Waals surface area contributed by atoms with Crippen LogP contribution < -0.4 is 0 Å². The zero-order valence-electron chi connectivity index (χ0n) is 3.55. The third kappa shape index (κ3) is 0.533. The Balaban J connectivity index is 2.01. The first-order valence-electron chi connectivity index (χ1n) is 2.16. The van der Waals surface area contributed by atoms with E-state index in [4.69, 9.17) is 9.84 Å². The molecule has 0 unspecified atom stereocenters. The SMILES string of the molecule is O[13CH2][C@@H]1CCO1. The highest BCUT2D eigenvalue weighted by atomic mass is 16.5. The van der Waals surface area contributed by atoms with E-state index in [2.05, 4.69) is 0 Å². The van der Waals surface area contributed by atoms with Gasteiger partial charge in [0.25, 0.3) is 0 Å². The van der Waals surface area contributed by atoms with Crippen molar-refractivity contribution in [3.63, 3.8) is 0 Å². The Bertz CT molecular complexity index is 38.1. The van der Waals surface area contributed by atoms with Gasteiger partial charge in [-0.2, -0.15) is 0 Å². The first-order valence-corrected chi connectivity index (χ1v) is 2.16. The molecule has 2 nitrogen and oxygen atoms in total. The number of hydrogen-bond acceptors (Lipinski definition) is 2. The number of rotatable bonds is 1. The molecule has 0 aromatic rings. The fourth-order valence-electron chi connectivity index (χ4n) is 0.429. The van der Waals surface area contributed by atoms with Gasteiger partial charge in [-0.05, 0) is 6.42 Å². The molecule has 1 atom stereocenters. The average Bonchev–Trinajstić information content (AvgIpc) is 1.31. The fourth-order valence-corrected chi connectivity index (χ4v) is 0.429. The van der Waals surface area contributed by atoms with Crippen molar-refractivity contribution in [2.24, 2.45) is 0 Å². The fraction of sp³-hybridized carbons (Fsp3) is 1.00. The molecule has 0 saturated carbocycles. The standard InChI is InChI=1S/C4H8O2/c5-3-4-1-2-6-4/h4-5H,1-3H2/t4-/m0/s1/i3+1. The van der Waals surface area contributed by atoms with Gasteiger partial charge in [0.15, 0.2) is 0 Å². The largest absolute Gasteiger partial charge is 0.394 e. The summed E-state index contributed by atoms with van der Waals surface area (Å²) in [6.45, 7) is 1.03. The molecule has 0 aliphatic carbocycles. The molecule has 1 aliphatic heterocycles. The van der Waals surface area contributed by atoms with Gasteiger partial charge in [-0.25, -0.2) is 0 Å². The smallest absolute Gasteiger partial charge is 0.0827 e. The van der Waals surface area contributed by atoms with E-state index in [1.165, 1.54) is 0 Å². The van der Waals surface area contributed by atoms with Crippen LogP contribution in [0, 0.1) is 0 Å². The van der Waals surface area contributed by atoms with E-state index in [0.29, 0.717) is 0 Å². The Labute approximate surface area is 36.7 Å². The molecule has 0 spiro atoms. The first-order chi connectivity index (χ1) is 2.93. The van der Waals surface area contributed by atoms with Crippen LogP contribution in [0.15, 0.2) is 0 Å². The molecule has 2 heteroatoms. The number of aliphatic hydroxyl groups excluding tert-OH is 1. The minimum atomic E-state index is 0.171. The summed E-state index contributed by atoms with van der Waals surface area (Å²) in [4.78, 5) is 0. The van der Waals surface area contributed by atoms with Crippen molar-refractivity contribution in [3.05, 3.63) is 0 Å². The molecule has 1 fully saturated rings. The summed E-state index contributed by atoms with van der Waals surface area (Å²) < 4.78 is 4.83. The highest BCUT2D eigenvalue weighted by Crippen LogP contribution is 2.07. The Morgan fingerprint density at radius 2 is 2.50 bits per heavy atom. The molecular formula is C4H8O2. The van der Waals surface area contributed by atoms with Gasteiger partial charge < -0.3 is 9.84 Å². The lowest BCUT2D eigenvalue weighted by molar-refractivity contribution is -0.0773. The summed E-state index contributed by atoms with van der Waals surface area (Å²) in [6.07, 6.45) is 1.21. The van der Waals surface area contributed by atoms with Gasteiger partial charge in [0.05, 0.1) is 12.7 Å². The summed E-state index contributed by atoms with van der Waals surface area (Å²) in [7, 11) is 0. The van der Waals surface area contributed by atoms with E-state index in [1.807, 2.05) is 0 Å². The summed E-state index contributed by atoms with van der Waals surface area (Å²) in [5.74, 6) is 0. The molecule has 0 aromatic carbocycles. The average molecular weight is 89.1 g/mol. The third-order valence-corrected chi connectivity index (χ3v) is 0.997. The molecule has 1 aliphatic rings.